The van der Waals surface area contributed by atoms with Gasteiger partial charge in [-0.1, -0.05) is 30.3 Å². The molecule has 0 unspecified atom stereocenters. The van der Waals surface area contributed by atoms with Gasteiger partial charge in [0.25, 0.3) is 5.91 Å². The topological polar surface area (TPSA) is 102 Å². The molecule has 132 valence electrons. The van der Waals surface area contributed by atoms with Gasteiger partial charge < -0.3 is 4.74 Å². The van der Waals surface area contributed by atoms with Crippen molar-refractivity contribution in [3.63, 3.8) is 0 Å². The Kier molecular flexibility index (Phi) is 5.89. The van der Waals surface area contributed by atoms with Gasteiger partial charge in [0, 0.05) is 6.92 Å². The van der Waals surface area contributed by atoms with Crippen LogP contribution >= 0.6 is 0 Å². The van der Waals surface area contributed by atoms with E-state index in [0.29, 0.717) is 23.5 Å². The smallest absolute Gasteiger partial charge is 0.342 e. The summed E-state index contributed by atoms with van der Waals surface area (Å²) in [6.45, 7) is 4.77. The van der Waals surface area contributed by atoms with E-state index in [9.17, 15) is 14.4 Å². The average molecular weight is 344 g/mol. The van der Waals surface area contributed by atoms with Gasteiger partial charge in [0.1, 0.15) is 5.56 Å². The monoisotopic (exact) mass is 344 g/mol. The normalized spacial score (nSPS) is 10.2. The first kappa shape index (κ1) is 18.2. The second kappa shape index (κ2) is 8.09. The fourth-order valence-corrected chi connectivity index (χ4v) is 2.30. The van der Waals surface area contributed by atoms with E-state index in [-0.39, 0.29) is 0 Å². The third-order valence-electron chi connectivity index (χ3n) is 3.47. The summed E-state index contributed by atoms with van der Waals surface area (Å²) in [4.78, 5) is 34.4. The van der Waals surface area contributed by atoms with Crippen molar-refractivity contribution >= 4 is 17.8 Å². The molecule has 0 saturated carbocycles. The van der Waals surface area contributed by atoms with Crippen molar-refractivity contribution in [1.29, 1.82) is 0 Å². The molecule has 0 aliphatic carbocycles. The molecule has 0 aliphatic rings. The first-order valence-corrected chi connectivity index (χ1v) is 7.69. The van der Waals surface area contributed by atoms with Gasteiger partial charge in [-0.2, -0.15) is 5.10 Å². The maximum atomic E-state index is 12.3. The van der Waals surface area contributed by atoms with Gasteiger partial charge in [0.2, 0.25) is 5.91 Å². The predicted octanol–water partition coefficient (Wildman–Crippen LogP) is 0.872. The van der Waals surface area contributed by atoms with Gasteiger partial charge >= 0.3 is 5.97 Å². The fraction of sp³-hybridized carbons (Fsp3) is 0.294. The summed E-state index contributed by atoms with van der Waals surface area (Å²) in [5.41, 5.74) is 6.82. The van der Waals surface area contributed by atoms with E-state index >= 15 is 0 Å². The molecule has 0 saturated heterocycles. The highest BCUT2D eigenvalue weighted by molar-refractivity contribution is 5.93. The zero-order valence-corrected chi connectivity index (χ0v) is 14.3. The van der Waals surface area contributed by atoms with Gasteiger partial charge in [0.15, 0.2) is 6.61 Å². The number of hydrazine groups is 1. The summed E-state index contributed by atoms with van der Waals surface area (Å²) in [6.07, 6.45) is 0. The molecule has 1 aromatic heterocycles. The number of aryl methyl sites for hydroxylation is 1. The van der Waals surface area contributed by atoms with Crippen LogP contribution in [0, 0.1) is 13.8 Å². The lowest BCUT2D eigenvalue weighted by atomic mass is 10.2. The molecule has 0 radical (unpaired) electrons. The highest BCUT2D eigenvalue weighted by Crippen LogP contribution is 2.16. The van der Waals surface area contributed by atoms with E-state index in [1.54, 1.807) is 18.5 Å². The lowest BCUT2D eigenvalue weighted by Crippen LogP contribution is -2.42. The summed E-state index contributed by atoms with van der Waals surface area (Å²) in [5.74, 6) is -1.68. The molecular weight excluding hydrogens is 324 g/mol. The lowest BCUT2D eigenvalue weighted by molar-refractivity contribution is -0.129. The van der Waals surface area contributed by atoms with Crippen LogP contribution in [0.2, 0.25) is 0 Å². The fourth-order valence-electron chi connectivity index (χ4n) is 2.30. The third-order valence-corrected chi connectivity index (χ3v) is 3.47. The third kappa shape index (κ3) is 4.90. The number of amides is 2. The first-order chi connectivity index (χ1) is 11.9. The molecule has 8 nitrogen and oxygen atoms in total. The van der Waals surface area contributed by atoms with Crippen LogP contribution in [0.25, 0.3) is 0 Å². The van der Waals surface area contributed by atoms with E-state index in [4.69, 9.17) is 4.74 Å². The Labute approximate surface area is 145 Å². The molecule has 0 fully saturated rings. The summed E-state index contributed by atoms with van der Waals surface area (Å²) in [6, 6.07) is 9.74. The van der Waals surface area contributed by atoms with Crippen molar-refractivity contribution in [2.24, 2.45) is 0 Å². The molecule has 0 bridgehead atoms. The van der Waals surface area contributed by atoms with E-state index < -0.39 is 24.4 Å². The Morgan fingerprint density at radius 3 is 2.44 bits per heavy atom. The maximum absolute atomic E-state index is 12.3. The summed E-state index contributed by atoms with van der Waals surface area (Å²) < 4.78 is 6.71. The van der Waals surface area contributed by atoms with E-state index in [1.165, 1.54) is 6.92 Å². The second-order valence-electron chi connectivity index (χ2n) is 5.49. The van der Waals surface area contributed by atoms with Crippen LogP contribution in [0.15, 0.2) is 30.3 Å². The molecule has 8 heteroatoms. The average Bonchev–Trinajstić information content (AvgIpc) is 2.85. The maximum Gasteiger partial charge on any atom is 0.342 e. The minimum absolute atomic E-state index is 0.336. The number of nitrogens with one attached hydrogen (secondary N) is 2. The number of benzene rings is 1. The van der Waals surface area contributed by atoms with Gasteiger partial charge in [0.05, 0.1) is 17.9 Å². The van der Waals surface area contributed by atoms with Gasteiger partial charge in [-0.25, -0.2) is 4.79 Å². The number of ether oxygens (including phenoxy) is 1. The number of carbonyl (C=O) groups excluding carboxylic acids is 3. The molecule has 0 atom stereocenters. The van der Waals surface area contributed by atoms with Gasteiger partial charge in [-0.15, -0.1) is 0 Å². The molecule has 0 aliphatic heterocycles. The lowest BCUT2D eigenvalue weighted by Gasteiger charge is -2.07. The Morgan fingerprint density at radius 2 is 1.80 bits per heavy atom. The first-order valence-electron chi connectivity index (χ1n) is 7.69. The van der Waals surface area contributed by atoms with Crippen molar-refractivity contribution in [2.75, 3.05) is 6.61 Å². The van der Waals surface area contributed by atoms with Crippen LogP contribution in [0.1, 0.15) is 34.2 Å². The van der Waals surface area contributed by atoms with Crippen LogP contribution in [0.5, 0.6) is 0 Å². The quantitative estimate of drug-likeness (QED) is 0.619. The van der Waals surface area contributed by atoms with Crippen LogP contribution < -0.4 is 10.9 Å². The Bertz CT molecular complexity index is 783. The van der Waals surface area contributed by atoms with Crippen molar-refractivity contribution in [3.05, 3.63) is 52.8 Å². The van der Waals surface area contributed by atoms with Crippen molar-refractivity contribution < 1.29 is 19.1 Å². The summed E-state index contributed by atoms with van der Waals surface area (Å²) in [5, 5.41) is 4.37. The number of aromatic nitrogens is 2. The van der Waals surface area contributed by atoms with E-state index in [0.717, 1.165) is 5.56 Å². The molecule has 1 heterocycles. The van der Waals surface area contributed by atoms with Crippen molar-refractivity contribution in [3.8, 4) is 0 Å². The minimum atomic E-state index is -0.632. The van der Waals surface area contributed by atoms with Gasteiger partial charge in [-0.05, 0) is 19.4 Å². The number of rotatable bonds is 5. The van der Waals surface area contributed by atoms with Crippen LogP contribution in [-0.4, -0.2) is 34.2 Å². The summed E-state index contributed by atoms with van der Waals surface area (Å²) >= 11 is 0. The molecule has 2 amide bonds. The van der Waals surface area contributed by atoms with Gasteiger partial charge in [-0.3, -0.25) is 25.1 Å². The molecule has 2 aromatic rings. The molecular formula is C17H20N4O4. The van der Waals surface area contributed by atoms with Crippen LogP contribution in [-0.2, 0) is 20.9 Å². The second-order valence-corrected chi connectivity index (χ2v) is 5.49. The SMILES string of the molecule is CC(=O)NNC(=O)COC(=O)c1c(C)nn(Cc2ccccc2)c1C. The van der Waals surface area contributed by atoms with E-state index in [1.807, 2.05) is 30.3 Å². The van der Waals surface area contributed by atoms with Crippen LogP contribution in [0.3, 0.4) is 0 Å². The minimum Gasteiger partial charge on any atom is -0.452 e. The Hall–Kier alpha value is -3.16. The number of esters is 1. The standard InChI is InChI=1S/C17H20N4O4/c1-11-16(17(24)25-10-15(23)19-18-13(3)22)12(2)21(20-11)9-14-7-5-4-6-8-14/h4-8H,9-10H2,1-3H3,(H,18,22)(H,19,23). The molecule has 25 heavy (non-hydrogen) atoms. The molecule has 2 N–H and O–H groups in total. The van der Waals surface area contributed by atoms with Crippen LogP contribution in [0.4, 0.5) is 0 Å². The predicted molar refractivity (Wildman–Crippen MR) is 89.5 cm³/mol. The van der Waals surface area contributed by atoms with Crippen molar-refractivity contribution in [2.45, 2.75) is 27.3 Å². The number of nitrogens with zero attached hydrogens (tertiary/aromatic N) is 2. The summed E-state index contributed by atoms with van der Waals surface area (Å²) in [7, 11) is 0. The zero-order valence-electron chi connectivity index (χ0n) is 14.3. The van der Waals surface area contributed by atoms with Crippen molar-refractivity contribution in [1.82, 2.24) is 20.6 Å². The van der Waals surface area contributed by atoms with E-state index in [2.05, 4.69) is 16.0 Å². The molecule has 2 rings (SSSR count). The molecule has 0 spiro atoms. The number of hydrogen-bond acceptors (Lipinski definition) is 5. The zero-order chi connectivity index (χ0) is 18.4. The molecule has 1 aromatic carbocycles. The Morgan fingerprint density at radius 1 is 1.12 bits per heavy atom. The Balaban J connectivity index is 2.02. The number of hydrogen-bond donors (Lipinski definition) is 2. The number of carbonyl (C=O) groups is 3. The largest absolute Gasteiger partial charge is 0.452 e. The highest BCUT2D eigenvalue weighted by Gasteiger charge is 2.21. The highest BCUT2D eigenvalue weighted by atomic mass is 16.5.